The molecule has 0 unspecified atom stereocenters. The minimum absolute atomic E-state index is 0.931. The second kappa shape index (κ2) is 2.96. The quantitative estimate of drug-likeness (QED) is 0.457. The van der Waals surface area contributed by atoms with E-state index in [0.29, 0.717) is 0 Å². The van der Waals surface area contributed by atoms with Gasteiger partial charge >= 0.3 is 5.97 Å². The van der Waals surface area contributed by atoms with Crippen LogP contribution < -0.4 is 0 Å². The molecule has 2 nitrogen and oxygen atoms in total. The van der Waals surface area contributed by atoms with E-state index in [9.17, 15) is 9.18 Å². The number of hydrogen-bond donors (Lipinski definition) is 0. The van der Waals surface area contributed by atoms with Crippen molar-refractivity contribution in [1.82, 2.24) is 0 Å². The van der Waals surface area contributed by atoms with Gasteiger partial charge in [0.15, 0.2) is 5.83 Å². The molecule has 0 atom stereocenters. The highest BCUT2D eigenvalue weighted by Gasteiger charge is 2.21. The number of halogens is 1. The van der Waals surface area contributed by atoms with Gasteiger partial charge in [-0.1, -0.05) is 6.58 Å². The summed E-state index contributed by atoms with van der Waals surface area (Å²) in [5, 5.41) is 0. The van der Waals surface area contributed by atoms with Gasteiger partial charge in [-0.25, -0.2) is 4.79 Å². The van der Waals surface area contributed by atoms with Gasteiger partial charge in [-0.2, -0.15) is 4.39 Å². The van der Waals surface area contributed by atoms with Crippen LogP contribution in [0.2, 0.25) is 19.6 Å². The van der Waals surface area contributed by atoms with E-state index in [0.717, 1.165) is 0 Å². The Kier molecular flexibility index (Phi) is 2.77. The molecule has 0 fully saturated rings. The van der Waals surface area contributed by atoms with Crippen molar-refractivity contribution < 1.29 is 13.6 Å². The van der Waals surface area contributed by atoms with Crippen LogP contribution in [0.4, 0.5) is 4.39 Å². The van der Waals surface area contributed by atoms with Gasteiger partial charge in [-0.05, 0) is 19.6 Å². The summed E-state index contributed by atoms with van der Waals surface area (Å²) < 4.78 is 16.7. The molecule has 0 radical (unpaired) electrons. The van der Waals surface area contributed by atoms with Crippen molar-refractivity contribution in [2.45, 2.75) is 19.6 Å². The molecule has 0 aromatic carbocycles. The maximum Gasteiger partial charge on any atom is 0.353 e. The fraction of sp³-hybridized carbons (Fsp3) is 0.500. The number of carbonyl (C=O) groups excluding carboxylic acids is 1. The fourth-order valence-electron chi connectivity index (χ4n) is 0.333. The summed E-state index contributed by atoms with van der Waals surface area (Å²) in [7, 11) is -1.93. The lowest BCUT2D eigenvalue weighted by Gasteiger charge is -2.15. The summed E-state index contributed by atoms with van der Waals surface area (Å²) in [6.07, 6.45) is 0. The van der Waals surface area contributed by atoms with Crippen LogP contribution in [-0.4, -0.2) is 14.3 Å². The normalized spacial score (nSPS) is 10.8. The maximum atomic E-state index is 12.0. The second-order valence-corrected chi connectivity index (χ2v) is 7.34. The molecular weight excluding hydrogens is 151 g/mol. The van der Waals surface area contributed by atoms with Crippen molar-refractivity contribution in [3.63, 3.8) is 0 Å². The molecule has 0 aromatic heterocycles. The molecule has 0 saturated heterocycles. The smallest absolute Gasteiger partial charge is 0.353 e. The van der Waals surface area contributed by atoms with Crippen LogP contribution in [0.25, 0.3) is 0 Å². The first-order valence-electron chi connectivity index (χ1n) is 2.90. The predicted molar refractivity (Wildman–Crippen MR) is 39.7 cm³/mol. The Labute approximate surface area is 60.8 Å². The summed E-state index contributed by atoms with van der Waals surface area (Å²) in [5.41, 5.74) is 0. The third-order valence-electron chi connectivity index (χ3n) is 0.620. The van der Waals surface area contributed by atoms with Gasteiger partial charge < -0.3 is 4.43 Å². The molecule has 10 heavy (non-hydrogen) atoms. The van der Waals surface area contributed by atoms with E-state index in [2.05, 4.69) is 6.58 Å². The average Bonchev–Trinajstić information content (AvgIpc) is 1.60. The zero-order valence-corrected chi connectivity index (χ0v) is 7.40. The molecular formula is C6H11FO2Si. The van der Waals surface area contributed by atoms with Gasteiger partial charge in [0.2, 0.25) is 8.32 Å². The van der Waals surface area contributed by atoms with Crippen molar-refractivity contribution in [3.8, 4) is 0 Å². The predicted octanol–water partition coefficient (Wildman–Crippen LogP) is 1.85. The average molecular weight is 162 g/mol. The highest BCUT2D eigenvalue weighted by atomic mass is 28.4. The Morgan fingerprint density at radius 3 is 2.00 bits per heavy atom. The van der Waals surface area contributed by atoms with E-state index in [1.54, 1.807) is 19.6 Å². The number of hydrogen-bond acceptors (Lipinski definition) is 2. The maximum absolute atomic E-state index is 12.0. The van der Waals surface area contributed by atoms with Crippen LogP contribution in [0.1, 0.15) is 0 Å². The van der Waals surface area contributed by atoms with Crippen LogP contribution in [0, 0.1) is 0 Å². The lowest BCUT2D eigenvalue weighted by molar-refractivity contribution is -0.132. The van der Waals surface area contributed by atoms with Crippen molar-refractivity contribution in [2.24, 2.45) is 0 Å². The van der Waals surface area contributed by atoms with Crippen LogP contribution in [-0.2, 0) is 9.22 Å². The van der Waals surface area contributed by atoms with Gasteiger partial charge in [0.1, 0.15) is 0 Å². The highest BCUT2D eigenvalue weighted by Crippen LogP contribution is 2.06. The van der Waals surface area contributed by atoms with E-state index in [-0.39, 0.29) is 0 Å². The number of rotatable bonds is 2. The summed E-state index contributed by atoms with van der Waals surface area (Å²) in [5.74, 6) is -1.96. The van der Waals surface area contributed by atoms with Gasteiger partial charge in [-0.3, -0.25) is 0 Å². The van der Waals surface area contributed by atoms with Crippen LogP contribution in [0.3, 0.4) is 0 Å². The molecule has 0 heterocycles. The van der Waals surface area contributed by atoms with Crippen LogP contribution in [0.5, 0.6) is 0 Å². The van der Waals surface area contributed by atoms with Gasteiger partial charge in [0.25, 0.3) is 0 Å². The summed E-state index contributed by atoms with van der Waals surface area (Å²) >= 11 is 0. The van der Waals surface area contributed by atoms with E-state index in [4.69, 9.17) is 4.43 Å². The Balaban J connectivity index is 3.93. The minimum Gasteiger partial charge on any atom is -0.515 e. The SMILES string of the molecule is C=C(F)C(=O)O[Si](C)(C)C. The zero-order valence-electron chi connectivity index (χ0n) is 6.40. The molecule has 0 aliphatic rings. The first-order chi connectivity index (χ1) is 4.33. The summed E-state index contributed by atoms with van der Waals surface area (Å²) in [6, 6.07) is 0. The Hall–Kier alpha value is -0.643. The standard InChI is InChI=1S/C6H11FO2Si/c1-5(7)6(8)9-10(2,3)4/h1H2,2-4H3. The Morgan fingerprint density at radius 2 is 1.90 bits per heavy atom. The van der Waals surface area contributed by atoms with Crippen LogP contribution in [0.15, 0.2) is 12.4 Å². The third-order valence-corrected chi connectivity index (χ3v) is 1.42. The molecule has 58 valence electrons. The monoisotopic (exact) mass is 162 g/mol. The van der Waals surface area contributed by atoms with E-state index >= 15 is 0 Å². The largest absolute Gasteiger partial charge is 0.515 e. The highest BCUT2D eigenvalue weighted by molar-refractivity contribution is 6.71. The lowest BCUT2D eigenvalue weighted by Crippen LogP contribution is -2.29. The molecule has 0 rings (SSSR count). The fourth-order valence-corrected chi connectivity index (χ4v) is 1.00. The Morgan fingerprint density at radius 1 is 1.50 bits per heavy atom. The molecule has 0 aliphatic heterocycles. The first-order valence-corrected chi connectivity index (χ1v) is 6.31. The van der Waals surface area contributed by atoms with Crippen molar-refractivity contribution >= 4 is 14.3 Å². The van der Waals surface area contributed by atoms with Crippen LogP contribution >= 0.6 is 0 Å². The zero-order chi connectivity index (χ0) is 8.36. The van der Waals surface area contributed by atoms with Gasteiger partial charge in [0, 0.05) is 0 Å². The molecule has 0 amide bonds. The lowest BCUT2D eigenvalue weighted by atomic mass is 10.6. The summed E-state index contributed by atoms with van der Waals surface area (Å²) in [6.45, 7) is 8.22. The van der Waals surface area contributed by atoms with Gasteiger partial charge in [-0.15, -0.1) is 0 Å². The van der Waals surface area contributed by atoms with Gasteiger partial charge in [0.05, 0.1) is 0 Å². The molecule has 0 bridgehead atoms. The number of carbonyl (C=O) groups is 1. The molecule has 0 N–H and O–H groups in total. The van der Waals surface area contributed by atoms with Crippen molar-refractivity contribution in [2.75, 3.05) is 0 Å². The minimum atomic E-state index is -1.93. The summed E-state index contributed by atoms with van der Waals surface area (Å²) in [4.78, 5) is 10.5. The molecule has 0 saturated carbocycles. The third kappa shape index (κ3) is 4.26. The molecule has 0 aromatic rings. The van der Waals surface area contributed by atoms with E-state index < -0.39 is 20.1 Å². The van der Waals surface area contributed by atoms with E-state index in [1.807, 2.05) is 0 Å². The first kappa shape index (κ1) is 9.36. The van der Waals surface area contributed by atoms with Crippen molar-refractivity contribution in [3.05, 3.63) is 12.4 Å². The van der Waals surface area contributed by atoms with Crippen molar-refractivity contribution in [1.29, 1.82) is 0 Å². The molecule has 0 aliphatic carbocycles. The Bertz CT molecular complexity index is 160. The molecule has 4 heteroatoms. The second-order valence-electron chi connectivity index (χ2n) is 2.91. The molecule has 0 spiro atoms. The van der Waals surface area contributed by atoms with E-state index in [1.165, 1.54) is 0 Å². The topological polar surface area (TPSA) is 26.3 Å².